The van der Waals surface area contributed by atoms with Crippen LogP contribution in [0.25, 0.3) is 0 Å². The smallest absolute Gasteiger partial charge is 0.304 e. The number of carboxylic acids is 1. The molecule has 1 saturated carbocycles. The molecule has 1 aliphatic carbocycles. The number of rotatable bonds is 8. The van der Waals surface area contributed by atoms with Gasteiger partial charge < -0.3 is 14.4 Å². The van der Waals surface area contributed by atoms with E-state index < -0.39 is 5.97 Å². The molecule has 0 aliphatic heterocycles. The lowest BCUT2D eigenvalue weighted by Gasteiger charge is -2.22. The molecule has 2 rings (SSSR count). The number of nitrogens with zero attached hydrogens (tertiary/aromatic N) is 2. The Hall–Kier alpha value is -1.85. The lowest BCUT2D eigenvalue weighted by molar-refractivity contribution is -0.137. The van der Waals surface area contributed by atoms with Gasteiger partial charge in [-0.2, -0.15) is 0 Å². The van der Waals surface area contributed by atoms with Crippen molar-refractivity contribution in [2.75, 3.05) is 14.1 Å². The molecule has 0 aromatic carbocycles. The average molecular weight is 336 g/mol. The monoisotopic (exact) mass is 336 g/mol. The lowest BCUT2D eigenvalue weighted by atomic mass is 9.84. The van der Waals surface area contributed by atoms with Crippen molar-refractivity contribution in [1.29, 1.82) is 0 Å². The van der Waals surface area contributed by atoms with Gasteiger partial charge >= 0.3 is 5.97 Å². The molecule has 0 bridgehead atoms. The topological polar surface area (TPSA) is 83.6 Å². The maximum Gasteiger partial charge on any atom is 0.304 e. The maximum absolute atomic E-state index is 11.9. The second kappa shape index (κ2) is 8.85. The van der Waals surface area contributed by atoms with E-state index in [0.29, 0.717) is 5.89 Å². The van der Waals surface area contributed by atoms with E-state index in [4.69, 9.17) is 9.52 Å². The summed E-state index contributed by atoms with van der Waals surface area (Å²) in [5.74, 6) is -0.224. The highest BCUT2D eigenvalue weighted by Crippen LogP contribution is 2.31. The van der Waals surface area contributed by atoms with Crippen molar-refractivity contribution in [3.8, 4) is 0 Å². The Balaban J connectivity index is 1.94. The number of oxazole rings is 1. The van der Waals surface area contributed by atoms with Gasteiger partial charge in [-0.1, -0.05) is 44.9 Å². The van der Waals surface area contributed by atoms with Gasteiger partial charge in [-0.25, -0.2) is 4.98 Å². The number of carbonyl (C=O) groups excluding carboxylic acids is 1. The van der Waals surface area contributed by atoms with Gasteiger partial charge in [0.15, 0.2) is 11.6 Å². The minimum absolute atomic E-state index is 0.0131. The Morgan fingerprint density at radius 1 is 1.33 bits per heavy atom. The SMILES string of the molecule is CN(C)C(=O)c1coc([C@H](CCCC2CCCCC2)CC(=O)O)n1. The zero-order chi connectivity index (χ0) is 17.5. The molecule has 0 spiro atoms. The van der Waals surface area contributed by atoms with Crippen LogP contribution in [-0.2, 0) is 4.79 Å². The Bertz CT molecular complexity index is 547. The summed E-state index contributed by atoms with van der Waals surface area (Å²) >= 11 is 0. The minimum atomic E-state index is -0.864. The molecular weight excluding hydrogens is 308 g/mol. The second-order valence-corrected chi connectivity index (χ2v) is 7.00. The van der Waals surface area contributed by atoms with Crippen molar-refractivity contribution in [3.05, 3.63) is 17.8 Å². The van der Waals surface area contributed by atoms with E-state index in [1.807, 2.05) is 0 Å². The zero-order valence-corrected chi connectivity index (χ0v) is 14.7. The number of carboxylic acid groups (broad SMARTS) is 1. The van der Waals surface area contributed by atoms with Gasteiger partial charge in [0.2, 0.25) is 0 Å². The third-order valence-corrected chi connectivity index (χ3v) is 4.81. The van der Waals surface area contributed by atoms with E-state index in [1.165, 1.54) is 43.3 Å². The van der Waals surface area contributed by atoms with Crippen LogP contribution in [0.3, 0.4) is 0 Å². The summed E-state index contributed by atoms with van der Waals surface area (Å²) in [6, 6.07) is 0. The van der Waals surface area contributed by atoms with Gasteiger partial charge in [0.25, 0.3) is 5.91 Å². The van der Waals surface area contributed by atoms with Crippen LogP contribution in [0.4, 0.5) is 0 Å². The molecular formula is C18H28N2O4. The number of hydrogen-bond donors (Lipinski definition) is 1. The normalized spacial score (nSPS) is 16.8. The Labute approximate surface area is 143 Å². The van der Waals surface area contributed by atoms with Crippen LogP contribution in [0, 0.1) is 5.92 Å². The molecule has 1 aromatic rings. The number of amides is 1. The first-order valence-corrected chi connectivity index (χ1v) is 8.86. The predicted molar refractivity (Wildman–Crippen MR) is 89.9 cm³/mol. The van der Waals surface area contributed by atoms with Gasteiger partial charge in [-0.05, 0) is 12.3 Å². The fraction of sp³-hybridized carbons (Fsp3) is 0.722. The lowest BCUT2D eigenvalue weighted by Crippen LogP contribution is -2.22. The Morgan fingerprint density at radius 3 is 2.67 bits per heavy atom. The highest BCUT2D eigenvalue weighted by atomic mass is 16.4. The summed E-state index contributed by atoms with van der Waals surface area (Å²) in [7, 11) is 3.30. The molecule has 1 aromatic heterocycles. The van der Waals surface area contributed by atoms with Crippen molar-refractivity contribution < 1.29 is 19.1 Å². The molecule has 0 saturated heterocycles. The molecule has 1 N–H and O–H groups in total. The molecule has 1 amide bonds. The fourth-order valence-corrected chi connectivity index (χ4v) is 3.45. The first kappa shape index (κ1) is 18.5. The molecule has 134 valence electrons. The van der Waals surface area contributed by atoms with Crippen molar-refractivity contribution >= 4 is 11.9 Å². The highest BCUT2D eigenvalue weighted by molar-refractivity contribution is 5.91. The van der Waals surface area contributed by atoms with E-state index >= 15 is 0 Å². The summed E-state index contributed by atoms with van der Waals surface area (Å²) in [6.07, 6.45) is 10.7. The van der Waals surface area contributed by atoms with Gasteiger partial charge in [0.1, 0.15) is 6.26 Å². The highest BCUT2D eigenvalue weighted by Gasteiger charge is 2.24. The summed E-state index contributed by atoms with van der Waals surface area (Å²) < 4.78 is 5.42. The number of hydrogen-bond acceptors (Lipinski definition) is 4. The fourth-order valence-electron chi connectivity index (χ4n) is 3.45. The summed E-state index contributed by atoms with van der Waals surface area (Å²) in [6.45, 7) is 0. The Morgan fingerprint density at radius 2 is 2.04 bits per heavy atom. The Kier molecular flexibility index (Phi) is 6.82. The van der Waals surface area contributed by atoms with Crippen LogP contribution < -0.4 is 0 Å². The molecule has 1 heterocycles. The molecule has 6 nitrogen and oxygen atoms in total. The van der Waals surface area contributed by atoms with E-state index in [0.717, 1.165) is 25.2 Å². The quantitative estimate of drug-likeness (QED) is 0.783. The van der Waals surface area contributed by atoms with Gasteiger partial charge in [-0.15, -0.1) is 0 Å². The van der Waals surface area contributed by atoms with E-state index in [9.17, 15) is 9.59 Å². The average Bonchev–Trinajstić information content (AvgIpc) is 3.03. The first-order valence-electron chi connectivity index (χ1n) is 8.86. The standard InChI is InChI=1S/C18H28N2O4/c1-20(2)18(23)15-12-24-17(19-15)14(11-16(21)22)10-6-9-13-7-4-3-5-8-13/h12-14H,3-11H2,1-2H3,(H,21,22)/t14-/m1/s1. The van der Waals surface area contributed by atoms with Crippen LogP contribution in [-0.4, -0.2) is 41.0 Å². The number of aliphatic carboxylic acids is 1. The van der Waals surface area contributed by atoms with E-state index in [2.05, 4.69) is 4.98 Å². The number of carbonyl (C=O) groups is 2. The van der Waals surface area contributed by atoms with Gasteiger partial charge in [0.05, 0.1) is 6.42 Å². The van der Waals surface area contributed by atoms with Gasteiger partial charge in [0, 0.05) is 20.0 Å². The van der Waals surface area contributed by atoms with E-state index in [1.54, 1.807) is 14.1 Å². The van der Waals surface area contributed by atoms with Crippen LogP contribution in [0.1, 0.15) is 80.1 Å². The predicted octanol–water partition coefficient (Wildman–Crippen LogP) is 3.69. The second-order valence-electron chi connectivity index (χ2n) is 7.00. The van der Waals surface area contributed by atoms with Crippen molar-refractivity contribution in [3.63, 3.8) is 0 Å². The minimum Gasteiger partial charge on any atom is -0.481 e. The van der Waals surface area contributed by atoms with Crippen LogP contribution >= 0.6 is 0 Å². The molecule has 1 fully saturated rings. The molecule has 1 atom stereocenters. The third kappa shape index (κ3) is 5.35. The molecule has 6 heteroatoms. The third-order valence-electron chi connectivity index (χ3n) is 4.81. The van der Waals surface area contributed by atoms with Crippen molar-refractivity contribution in [2.24, 2.45) is 5.92 Å². The molecule has 24 heavy (non-hydrogen) atoms. The number of aromatic nitrogens is 1. The van der Waals surface area contributed by atoms with Crippen LogP contribution in [0.15, 0.2) is 10.7 Å². The molecule has 1 aliphatic rings. The molecule has 0 unspecified atom stereocenters. The van der Waals surface area contributed by atoms with Crippen molar-refractivity contribution in [2.45, 2.75) is 63.7 Å². The summed E-state index contributed by atoms with van der Waals surface area (Å²) in [5.41, 5.74) is 0.234. The summed E-state index contributed by atoms with van der Waals surface area (Å²) in [4.78, 5) is 28.7. The summed E-state index contributed by atoms with van der Waals surface area (Å²) in [5, 5.41) is 9.15. The van der Waals surface area contributed by atoms with Crippen molar-refractivity contribution in [1.82, 2.24) is 9.88 Å². The van der Waals surface area contributed by atoms with Gasteiger partial charge in [-0.3, -0.25) is 9.59 Å². The van der Waals surface area contributed by atoms with Crippen LogP contribution in [0.2, 0.25) is 0 Å². The largest absolute Gasteiger partial charge is 0.481 e. The molecule has 0 radical (unpaired) electrons. The first-order chi connectivity index (χ1) is 11.5. The van der Waals surface area contributed by atoms with E-state index in [-0.39, 0.29) is 23.9 Å². The van der Waals surface area contributed by atoms with Crippen LogP contribution in [0.5, 0.6) is 0 Å². The maximum atomic E-state index is 11.9. The zero-order valence-electron chi connectivity index (χ0n) is 14.7.